The van der Waals surface area contributed by atoms with Crippen LogP contribution in [-0.2, 0) is 36.3 Å². The second-order valence-corrected chi connectivity index (χ2v) is 9.14. The summed E-state index contributed by atoms with van der Waals surface area (Å²) in [5.41, 5.74) is 2.11. The van der Waals surface area contributed by atoms with Crippen LogP contribution in [0.15, 0.2) is 49.1 Å². The van der Waals surface area contributed by atoms with Gasteiger partial charge in [0.2, 0.25) is 5.91 Å². The lowest BCUT2D eigenvalue weighted by Gasteiger charge is -2.24. The first-order valence-electron chi connectivity index (χ1n) is 10.1. The highest BCUT2D eigenvalue weighted by molar-refractivity contribution is 7.11. The summed E-state index contributed by atoms with van der Waals surface area (Å²) in [6, 6.07) is 8.20. The second-order valence-electron chi connectivity index (χ2n) is 7.77. The van der Waals surface area contributed by atoms with Crippen LogP contribution in [0.4, 0.5) is 0 Å². The van der Waals surface area contributed by atoms with Gasteiger partial charge < -0.3 is 9.64 Å². The molecule has 4 heterocycles. The Morgan fingerprint density at radius 1 is 1.13 bits per heavy atom. The molecular weight excluding hydrogens is 398 g/mol. The number of carbonyl (C=O) groups is 1. The number of nitrogens with zero attached hydrogens (tertiary/aromatic N) is 5. The van der Waals surface area contributed by atoms with Crippen molar-refractivity contribution < 1.29 is 9.53 Å². The highest BCUT2D eigenvalue weighted by Gasteiger charge is 2.29. The van der Waals surface area contributed by atoms with Gasteiger partial charge in [0.1, 0.15) is 0 Å². The third-order valence-electron chi connectivity index (χ3n) is 5.14. The average Bonchev–Trinajstić information content (AvgIpc) is 3.29. The molecule has 0 aliphatic carbocycles. The van der Waals surface area contributed by atoms with Crippen molar-refractivity contribution in [3.05, 3.63) is 69.9 Å². The molecule has 0 saturated carbocycles. The molecule has 1 saturated heterocycles. The van der Waals surface area contributed by atoms with Crippen molar-refractivity contribution in [1.82, 2.24) is 24.6 Å². The summed E-state index contributed by atoms with van der Waals surface area (Å²) < 4.78 is 8.03. The van der Waals surface area contributed by atoms with Gasteiger partial charge in [0.25, 0.3) is 0 Å². The second kappa shape index (κ2) is 9.51. The number of thiophene rings is 1. The minimum Gasteiger partial charge on any atom is -0.370 e. The molecule has 1 aliphatic rings. The number of amides is 1. The predicted octanol–water partition coefficient (Wildman–Crippen LogP) is 2.61. The highest BCUT2D eigenvalue weighted by atomic mass is 32.1. The van der Waals surface area contributed by atoms with Crippen molar-refractivity contribution >= 4 is 17.2 Å². The van der Waals surface area contributed by atoms with E-state index < -0.39 is 0 Å². The quantitative estimate of drug-likeness (QED) is 0.582. The Labute approximate surface area is 180 Å². The minimum absolute atomic E-state index is 0.0673. The number of hydrogen-bond donors (Lipinski definition) is 0. The molecule has 3 aromatic rings. The summed E-state index contributed by atoms with van der Waals surface area (Å²) in [5.74, 6) is 0.127. The Hall–Kier alpha value is -2.55. The molecule has 8 heteroatoms. The van der Waals surface area contributed by atoms with Crippen LogP contribution in [0.3, 0.4) is 0 Å². The number of rotatable bonds is 7. The first-order valence-corrected chi connectivity index (χ1v) is 10.9. The molecule has 0 bridgehead atoms. The maximum absolute atomic E-state index is 13.0. The smallest absolute Gasteiger partial charge is 0.237 e. The van der Waals surface area contributed by atoms with Gasteiger partial charge in [-0.05, 0) is 36.8 Å². The van der Waals surface area contributed by atoms with Gasteiger partial charge >= 0.3 is 0 Å². The SMILES string of the molecule is Cc1ccc(CN2CC(=O)N(Cc3cnn(C)c3)CC(OCc3ccncc3)C2)s1. The Morgan fingerprint density at radius 2 is 1.97 bits per heavy atom. The minimum atomic E-state index is -0.0673. The van der Waals surface area contributed by atoms with Crippen LogP contribution in [0, 0.1) is 6.92 Å². The zero-order valence-electron chi connectivity index (χ0n) is 17.4. The molecule has 1 aliphatic heterocycles. The van der Waals surface area contributed by atoms with Gasteiger partial charge in [-0.2, -0.15) is 5.10 Å². The zero-order chi connectivity index (χ0) is 20.9. The Morgan fingerprint density at radius 3 is 2.67 bits per heavy atom. The maximum Gasteiger partial charge on any atom is 0.237 e. The maximum atomic E-state index is 13.0. The van der Waals surface area contributed by atoms with E-state index in [0.29, 0.717) is 26.2 Å². The van der Waals surface area contributed by atoms with Crippen molar-refractivity contribution in [1.29, 1.82) is 0 Å². The lowest BCUT2D eigenvalue weighted by molar-refractivity contribution is -0.132. The molecule has 1 fully saturated rings. The molecule has 1 amide bonds. The molecule has 1 atom stereocenters. The highest BCUT2D eigenvalue weighted by Crippen LogP contribution is 2.20. The van der Waals surface area contributed by atoms with Gasteiger partial charge in [0.05, 0.1) is 25.5 Å². The topological polar surface area (TPSA) is 63.5 Å². The summed E-state index contributed by atoms with van der Waals surface area (Å²) >= 11 is 1.78. The number of aryl methyl sites for hydroxylation is 2. The van der Waals surface area contributed by atoms with Gasteiger partial charge in [-0.3, -0.25) is 19.4 Å². The normalized spacial score (nSPS) is 18.0. The molecule has 0 aromatic carbocycles. The molecule has 0 spiro atoms. The third kappa shape index (κ3) is 5.53. The number of aromatic nitrogens is 3. The third-order valence-corrected chi connectivity index (χ3v) is 6.13. The van der Waals surface area contributed by atoms with E-state index in [1.165, 1.54) is 9.75 Å². The van der Waals surface area contributed by atoms with E-state index in [1.807, 2.05) is 36.5 Å². The summed E-state index contributed by atoms with van der Waals surface area (Å²) in [6.45, 7) is 5.61. The van der Waals surface area contributed by atoms with Crippen LogP contribution in [0.2, 0.25) is 0 Å². The van der Waals surface area contributed by atoms with Gasteiger partial charge in [0.15, 0.2) is 0 Å². The fraction of sp³-hybridized carbons (Fsp3) is 0.409. The van der Waals surface area contributed by atoms with Crippen LogP contribution in [-0.4, -0.2) is 56.2 Å². The van der Waals surface area contributed by atoms with Crippen LogP contribution >= 0.6 is 11.3 Å². The molecule has 7 nitrogen and oxygen atoms in total. The van der Waals surface area contributed by atoms with Gasteiger partial charge in [0, 0.05) is 67.1 Å². The average molecular weight is 426 g/mol. The standard InChI is InChI=1S/C22H27N5O2S/c1-17-3-4-21(30-17)14-26-12-20(29-16-18-5-7-23-8-6-18)13-27(22(28)15-26)11-19-9-24-25(2)10-19/h3-10,20H,11-16H2,1-2H3. The molecule has 0 N–H and O–H groups in total. The van der Waals surface area contributed by atoms with Gasteiger partial charge in [-0.15, -0.1) is 11.3 Å². The monoisotopic (exact) mass is 425 g/mol. The van der Waals surface area contributed by atoms with E-state index in [0.717, 1.165) is 24.2 Å². The molecule has 158 valence electrons. The lowest BCUT2D eigenvalue weighted by atomic mass is 10.2. The summed E-state index contributed by atoms with van der Waals surface area (Å²) in [6.07, 6.45) is 7.25. The van der Waals surface area contributed by atoms with Crippen molar-refractivity contribution in [3.8, 4) is 0 Å². The van der Waals surface area contributed by atoms with E-state index in [9.17, 15) is 4.79 Å². The fourth-order valence-electron chi connectivity index (χ4n) is 3.69. The van der Waals surface area contributed by atoms with E-state index in [1.54, 1.807) is 28.4 Å². The van der Waals surface area contributed by atoms with Crippen LogP contribution in [0.1, 0.15) is 20.9 Å². The lowest BCUT2D eigenvalue weighted by Crippen LogP contribution is -2.37. The largest absolute Gasteiger partial charge is 0.370 e. The van der Waals surface area contributed by atoms with Gasteiger partial charge in [-0.25, -0.2) is 0 Å². The molecule has 30 heavy (non-hydrogen) atoms. The Balaban J connectivity index is 1.47. The number of ether oxygens (including phenoxy) is 1. The predicted molar refractivity (Wildman–Crippen MR) is 116 cm³/mol. The van der Waals surface area contributed by atoms with Gasteiger partial charge in [-0.1, -0.05) is 0 Å². The molecule has 0 radical (unpaired) electrons. The molecule has 4 rings (SSSR count). The number of pyridine rings is 1. The Bertz CT molecular complexity index is 971. The molecule has 1 unspecified atom stereocenters. The molecule has 3 aromatic heterocycles. The summed E-state index contributed by atoms with van der Waals surface area (Å²) in [7, 11) is 1.89. The van der Waals surface area contributed by atoms with Crippen molar-refractivity contribution in [2.75, 3.05) is 19.6 Å². The van der Waals surface area contributed by atoms with Crippen LogP contribution in [0.5, 0.6) is 0 Å². The van der Waals surface area contributed by atoms with E-state index in [4.69, 9.17) is 4.74 Å². The zero-order valence-corrected chi connectivity index (χ0v) is 18.2. The van der Waals surface area contributed by atoms with Crippen LogP contribution < -0.4 is 0 Å². The van der Waals surface area contributed by atoms with Crippen molar-refractivity contribution in [2.45, 2.75) is 32.7 Å². The Kier molecular flexibility index (Phi) is 6.56. The molecular formula is C22H27N5O2S. The number of hydrogen-bond acceptors (Lipinski definition) is 6. The van der Waals surface area contributed by atoms with Crippen molar-refractivity contribution in [2.24, 2.45) is 7.05 Å². The summed E-state index contributed by atoms with van der Waals surface area (Å²) in [4.78, 5) is 23.8. The number of carbonyl (C=O) groups excluding carboxylic acids is 1. The van der Waals surface area contributed by atoms with E-state index in [2.05, 4.69) is 34.0 Å². The first kappa shape index (κ1) is 20.7. The fourth-order valence-corrected chi connectivity index (χ4v) is 4.62. The summed E-state index contributed by atoms with van der Waals surface area (Å²) in [5, 5.41) is 4.23. The first-order chi connectivity index (χ1) is 14.5. The van der Waals surface area contributed by atoms with E-state index in [-0.39, 0.29) is 12.0 Å². The van der Waals surface area contributed by atoms with Crippen molar-refractivity contribution in [3.63, 3.8) is 0 Å². The van der Waals surface area contributed by atoms with Crippen LogP contribution in [0.25, 0.3) is 0 Å². The van der Waals surface area contributed by atoms with E-state index >= 15 is 0 Å².